The highest BCUT2D eigenvalue weighted by molar-refractivity contribution is 6.10. The van der Waals surface area contributed by atoms with Gasteiger partial charge < -0.3 is 20.7 Å². The van der Waals surface area contributed by atoms with E-state index >= 15 is 0 Å². The number of nitrogens with zero attached hydrogens (tertiary/aromatic N) is 1. The predicted octanol–water partition coefficient (Wildman–Crippen LogP) is 5.19. The van der Waals surface area contributed by atoms with Crippen LogP contribution in [-0.4, -0.2) is 29.8 Å². The van der Waals surface area contributed by atoms with Crippen molar-refractivity contribution in [3.8, 4) is 0 Å². The standard InChI is InChI=1S/C20H20N2O2.C2H7N.CH4O.2H2/c23-20(19-17-8-4-5-9-18(17)22-24-19)21-16-12-10-15(11-13-16)14-6-2-1-3-7-14;1-2-3;1-2;;/h4-5,8-14H,1-3,6-7H2,(H,21,23);2-3H2,1H3;2H,1H3;2*1H. The minimum Gasteiger partial charge on any atom is -0.400 e. The van der Waals surface area contributed by atoms with Crippen molar-refractivity contribution >= 4 is 22.5 Å². The average Bonchev–Trinajstić information content (AvgIpc) is 3.21. The van der Waals surface area contributed by atoms with Gasteiger partial charge in [-0.25, -0.2) is 0 Å². The minimum absolute atomic E-state index is 0. The summed E-state index contributed by atoms with van der Waals surface area (Å²) in [6, 6.07) is 15.6. The van der Waals surface area contributed by atoms with Crippen molar-refractivity contribution in [3.63, 3.8) is 0 Å². The molecule has 0 spiro atoms. The van der Waals surface area contributed by atoms with Crippen molar-refractivity contribution in [2.75, 3.05) is 19.0 Å². The Hall–Kier alpha value is -2.70. The predicted molar refractivity (Wildman–Crippen MR) is 121 cm³/mol. The number of nitrogens with one attached hydrogen (secondary N) is 1. The number of anilines is 1. The number of carbonyl (C=O) groups is 1. The third kappa shape index (κ3) is 6.14. The lowest BCUT2D eigenvalue weighted by molar-refractivity contribution is 0.0990. The number of aliphatic hydroxyl groups excluding tert-OH is 1. The quantitative estimate of drug-likeness (QED) is 0.560. The molecule has 0 bridgehead atoms. The monoisotopic (exact) mass is 401 g/mol. The lowest BCUT2D eigenvalue weighted by atomic mass is 9.84. The van der Waals surface area contributed by atoms with Crippen LogP contribution in [0.15, 0.2) is 53.1 Å². The van der Waals surface area contributed by atoms with Crippen LogP contribution in [0.25, 0.3) is 10.9 Å². The SMILES string of the molecule is CCN.CO.O=C(Nc1ccc(C2CCCCC2)cc1)c1onc2ccccc12.[HH].[HH]. The van der Waals surface area contributed by atoms with Crippen LogP contribution in [0, 0.1) is 0 Å². The molecule has 1 saturated carbocycles. The fourth-order valence-corrected chi connectivity index (χ4v) is 3.52. The summed E-state index contributed by atoms with van der Waals surface area (Å²) in [5.74, 6) is 0.651. The zero-order valence-electron chi connectivity index (χ0n) is 17.2. The van der Waals surface area contributed by atoms with Gasteiger partial charge in [-0.3, -0.25) is 4.79 Å². The van der Waals surface area contributed by atoms with Crippen molar-refractivity contribution < 1.29 is 17.3 Å². The molecular weight excluding hydrogens is 366 g/mol. The molecule has 6 heteroatoms. The van der Waals surface area contributed by atoms with Crippen molar-refractivity contribution in [1.82, 2.24) is 5.16 Å². The second kappa shape index (κ2) is 12.0. The van der Waals surface area contributed by atoms with E-state index in [0.717, 1.165) is 24.7 Å². The number of aliphatic hydroxyl groups is 1. The maximum atomic E-state index is 12.4. The van der Waals surface area contributed by atoms with E-state index in [9.17, 15) is 4.79 Å². The van der Waals surface area contributed by atoms with Gasteiger partial charge in [-0.2, -0.15) is 0 Å². The van der Waals surface area contributed by atoms with Crippen molar-refractivity contribution in [1.29, 1.82) is 0 Å². The summed E-state index contributed by atoms with van der Waals surface area (Å²) in [7, 11) is 1.00. The van der Waals surface area contributed by atoms with Crippen LogP contribution in [0.3, 0.4) is 0 Å². The molecule has 0 unspecified atom stereocenters. The number of amides is 1. The first-order valence-electron chi connectivity index (χ1n) is 10.1. The summed E-state index contributed by atoms with van der Waals surface area (Å²) in [6.45, 7) is 2.65. The van der Waals surface area contributed by atoms with Crippen LogP contribution in [0.5, 0.6) is 0 Å². The fraction of sp³-hybridized carbons (Fsp3) is 0.391. The van der Waals surface area contributed by atoms with E-state index in [-0.39, 0.29) is 14.5 Å². The number of rotatable bonds is 3. The molecule has 1 aliphatic rings. The molecule has 0 radical (unpaired) electrons. The van der Waals surface area contributed by atoms with Gasteiger partial charge in [-0.1, -0.05) is 55.6 Å². The highest BCUT2D eigenvalue weighted by Gasteiger charge is 2.18. The molecule has 3 aromatic rings. The number of benzene rings is 2. The molecule has 29 heavy (non-hydrogen) atoms. The Morgan fingerprint density at radius 3 is 2.41 bits per heavy atom. The lowest BCUT2D eigenvalue weighted by Crippen LogP contribution is -2.11. The average molecular weight is 402 g/mol. The van der Waals surface area contributed by atoms with E-state index < -0.39 is 0 Å². The lowest BCUT2D eigenvalue weighted by Gasteiger charge is -2.22. The summed E-state index contributed by atoms with van der Waals surface area (Å²) in [6.07, 6.45) is 6.55. The molecule has 1 amide bonds. The summed E-state index contributed by atoms with van der Waals surface area (Å²) < 4.78 is 5.21. The zero-order chi connectivity index (χ0) is 21.1. The van der Waals surface area contributed by atoms with Crippen molar-refractivity contribution in [2.24, 2.45) is 5.73 Å². The van der Waals surface area contributed by atoms with Crippen molar-refractivity contribution in [2.45, 2.75) is 44.9 Å². The number of nitrogens with two attached hydrogens (primary N) is 1. The molecule has 1 heterocycles. The van der Waals surface area contributed by atoms with Gasteiger partial charge in [0.1, 0.15) is 5.52 Å². The first-order valence-corrected chi connectivity index (χ1v) is 10.1. The van der Waals surface area contributed by atoms with Crippen LogP contribution >= 0.6 is 0 Å². The van der Waals surface area contributed by atoms with Gasteiger partial charge in [0.25, 0.3) is 5.91 Å². The molecule has 0 aliphatic heterocycles. The van der Waals surface area contributed by atoms with Crippen LogP contribution in [-0.2, 0) is 0 Å². The van der Waals surface area contributed by atoms with Crippen LogP contribution < -0.4 is 11.1 Å². The van der Waals surface area contributed by atoms with E-state index in [4.69, 9.17) is 15.4 Å². The van der Waals surface area contributed by atoms with Gasteiger partial charge in [-0.15, -0.1) is 0 Å². The summed E-state index contributed by atoms with van der Waals surface area (Å²) >= 11 is 0. The van der Waals surface area contributed by atoms with E-state index in [1.807, 2.05) is 43.3 Å². The Morgan fingerprint density at radius 2 is 1.76 bits per heavy atom. The van der Waals surface area contributed by atoms with E-state index in [2.05, 4.69) is 22.6 Å². The summed E-state index contributed by atoms with van der Waals surface area (Å²) in [5, 5.41) is 14.5. The normalized spacial score (nSPS) is 13.7. The summed E-state index contributed by atoms with van der Waals surface area (Å²) in [5.41, 5.74) is 7.69. The number of aromatic nitrogens is 1. The third-order valence-electron chi connectivity index (χ3n) is 4.84. The van der Waals surface area contributed by atoms with Gasteiger partial charge in [0.05, 0.1) is 5.39 Å². The maximum Gasteiger partial charge on any atom is 0.294 e. The number of hydrogen-bond donors (Lipinski definition) is 3. The highest BCUT2D eigenvalue weighted by Crippen LogP contribution is 2.33. The fourth-order valence-electron chi connectivity index (χ4n) is 3.52. The van der Waals surface area contributed by atoms with Gasteiger partial charge in [0, 0.05) is 15.7 Å². The van der Waals surface area contributed by atoms with Crippen LogP contribution in [0.2, 0.25) is 0 Å². The first-order chi connectivity index (χ1) is 14.2. The molecule has 2 aromatic carbocycles. The topological polar surface area (TPSA) is 101 Å². The molecular formula is C23H35N3O3. The molecule has 4 rings (SSSR count). The Bertz CT molecular complexity index is 879. The second-order valence-corrected chi connectivity index (χ2v) is 6.85. The number of fused-ring (bicyclic) bond motifs is 1. The molecule has 160 valence electrons. The molecule has 1 fully saturated rings. The summed E-state index contributed by atoms with van der Waals surface area (Å²) in [4.78, 5) is 12.4. The van der Waals surface area contributed by atoms with Crippen LogP contribution in [0.1, 0.15) is 63.9 Å². The van der Waals surface area contributed by atoms with E-state index in [1.54, 1.807) is 0 Å². The van der Waals surface area contributed by atoms with Crippen LogP contribution in [0.4, 0.5) is 5.69 Å². The van der Waals surface area contributed by atoms with Gasteiger partial charge >= 0.3 is 0 Å². The van der Waals surface area contributed by atoms with Gasteiger partial charge in [0.2, 0.25) is 5.76 Å². The van der Waals surface area contributed by atoms with Gasteiger partial charge in [-0.05, 0) is 55.1 Å². The molecule has 0 atom stereocenters. The smallest absolute Gasteiger partial charge is 0.294 e. The minimum atomic E-state index is -0.269. The largest absolute Gasteiger partial charge is 0.400 e. The van der Waals surface area contributed by atoms with E-state index in [1.165, 1.54) is 37.7 Å². The molecule has 6 nitrogen and oxygen atoms in total. The zero-order valence-corrected chi connectivity index (χ0v) is 17.2. The first kappa shape index (κ1) is 22.6. The van der Waals surface area contributed by atoms with Gasteiger partial charge in [0.15, 0.2) is 0 Å². The molecule has 1 aromatic heterocycles. The molecule has 4 N–H and O–H groups in total. The molecule has 0 saturated heterocycles. The second-order valence-electron chi connectivity index (χ2n) is 6.85. The third-order valence-corrected chi connectivity index (χ3v) is 4.84. The van der Waals surface area contributed by atoms with E-state index in [0.29, 0.717) is 11.4 Å². The Morgan fingerprint density at radius 1 is 1.14 bits per heavy atom. The molecule has 1 aliphatic carbocycles. The Labute approximate surface area is 175 Å². The van der Waals surface area contributed by atoms with Crippen molar-refractivity contribution in [3.05, 3.63) is 59.9 Å². The number of hydrogen-bond acceptors (Lipinski definition) is 5. The Kier molecular flexibility index (Phi) is 9.34. The maximum absolute atomic E-state index is 12.4. The Balaban J connectivity index is 0.00000119. The highest BCUT2D eigenvalue weighted by atomic mass is 16.5. The number of carbonyl (C=O) groups excluding carboxylic acids is 1.